The summed E-state index contributed by atoms with van der Waals surface area (Å²) in [6, 6.07) is 1.30. The number of hydrogen-bond acceptors (Lipinski definition) is 5. The molecule has 0 aliphatic carbocycles. The van der Waals surface area contributed by atoms with Crippen molar-refractivity contribution in [3.63, 3.8) is 0 Å². The summed E-state index contributed by atoms with van der Waals surface area (Å²) in [5.74, 6) is -1.21. The van der Waals surface area contributed by atoms with Crippen LogP contribution in [-0.4, -0.2) is 41.6 Å². The molecule has 0 atom stereocenters. The fraction of sp³-hybridized carbons (Fsp3) is 0.583. The molecule has 0 amide bonds. The first-order valence-corrected chi connectivity index (χ1v) is 6.12. The Morgan fingerprint density at radius 1 is 1.26 bits per heavy atom. The first-order chi connectivity index (χ1) is 9.13. The molecule has 0 saturated heterocycles. The van der Waals surface area contributed by atoms with E-state index in [0.29, 0.717) is 0 Å². The third-order valence-electron chi connectivity index (χ3n) is 2.25. The van der Waals surface area contributed by atoms with Crippen LogP contribution in [0.15, 0.2) is 6.07 Å². The zero-order chi connectivity index (χ0) is 14.3. The molecule has 0 fully saturated rings. The van der Waals surface area contributed by atoms with Gasteiger partial charge < -0.3 is 9.47 Å². The number of esters is 2. The largest absolute Gasteiger partial charge is 0.461 e. The summed E-state index contributed by atoms with van der Waals surface area (Å²) in [5, 5.41) is 3.94. The van der Waals surface area contributed by atoms with E-state index in [4.69, 9.17) is 9.47 Å². The number of alkyl halides is 1. The van der Waals surface area contributed by atoms with E-state index in [1.807, 2.05) is 0 Å². The van der Waals surface area contributed by atoms with E-state index >= 15 is 0 Å². The van der Waals surface area contributed by atoms with Gasteiger partial charge in [-0.25, -0.2) is 9.59 Å². The van der Waals surface area contributed by atoms with E-state index < -0.39 is 18.6 Å². The Hall–Kier alpha value is -1.92. The fourth-order valence-corrected chi connectivity index (χ4v) is 1.47. The zero-order valence-corrected chi connectivity index (χ0v) is 11.0. The Bertz CT molecular complexity index is 445. The highest BCUT2D eigenvalue weighted by Gasteiger charge is 2.20. The van der Waals surface area contributed by atoms with Crippen LogP contribution in [0.1, 0.15) is 41.2 Å². The minimum Gasteiger partial charge on any atom is -0.461 e. The molecule has 0 radical (unpaired) electrons. The van der Waals surface area contributed by atoms with Gasteiger partial charge in [0.25, 0.3) is 0 Å². The van der Waals surface area contributed by atoms with Crippen molar-refractivity contribution < 1.29 is 23.5 Å². The van der Waals surface area contributed by atoms with Crippen LogP contribution in [0.3, 0.4) is 0 Å². The molecule has 0 unspecified atom stereocenters. The molecule has 0 N–H and O–H groups in total. The number of carbonyl (C=O) groups excluding carboxylic acids is 2. The molecule has 7 heteroatoms. The summed E-state index contributed by atoms with van der Waals surface area (Å²) >= 11 is 0. The summed E-state index contributed by atoms with van der Waals surface area (Å²) in [5.41, 5.74) is 0.141. The molecule has 1 aromatic heterocycles. The summed E-state index contributed by atoms with van der Waals surface area (Å²) < 4.78 is 23.1. The summed E-state index contributed by atoms with van der Waals surface area (Å²) in [6.07, 6.45) is 0.205. The van der Waals surface area contributed by atoms with Gasteiger partial charge in [0, 0.05) is 12.6 Å². The molecule has 0 aliphatic rings. The second kappa shape index (κ2) is 7.50. The van der Waals surface area contributed by atoms with Crippen LogP contribution in [0, 0.1) is 0 Å². The van der Waals surface area contributed by atoms with Gasteiger partial charge in [-0.15, -0.1) is 0 Å². The van der Waals surface area contributed by atoms with E-state index in [9.17, 15) is 14.0 Å². The van der Waals surface area contributed by atoms with Gasteiger partial charge >= 0.3 is 11.9 Å². The third-order valence-corrected chi connectivity index (χ3v) is 2.25. The predicted octanol–water partition coefficient (Wildman–Crippen LogP) is 1.60. The molecular weight excluding hydrogens is 255 g/mol. The van der Waals surface area contributed by atoms with Crippen molar-refractivity contribution >= 4 is 11.9 Å². The molecule has 0 saturated carbocycles. The number of carbonyl (C=O) groups is 2. The van der Waals surface area contributed by atoms with Crippen molar-refractivity contribution in [2.24, 2.45) is 0 Å². The van der Waals surface area contributed by atoms with Crippen molar-refractivity contribution in [2.45, 2.75) is 26.8 Å². The maximum atomic E-state index is 12.2. The molecule has 1 heterocycles. The summed E-state index contributed by atoms with van der Waals surface area (Å²) in [7, 11) is 0. The molecular formula is C12H17FN2O4. The average molecular weight is 272 g/mol. The zero-order valence-electron chi connectivity index (χ0n) is 11.0. The lowest BCUT2D eigenvalue weighted by Gasteiger charge is -2.04. The standard InChI is InChI=1S/C12H17FN2O4/c1-3-18-11(16)9-8-10(12(17)19-4-2)15(14-9)7-5-6-13/h8H,3-7H2,1-2H3. The monoisotopic (exact) mass is 272 g/mol. The molecule has 0 aliphatic heterocycles. The van der Waals surface area contributed by atoms with Gasteiger partial charge in [-0.3, -0.25) is 9.07 Å². The Kier molecular flexibility index (Phi) is 5.98. The first kappa shape index (κ1) is 15.1. The molecule has 0 aromatic carbocycles. The van der Waals surface area contributed by atoms with Crippen molar-refractivity contribution in [1.82, 2.24) is 9.78 Å². The van der Waals surface area contributed by atoms with Crippen molar-refractivity contribution in [3.05, 3.63) is 17.5 Å². The van der Waals surface area contributed by atoms with Crippen LogP contribution in [0.2, 0.25) is 0 Å². The number of aryl methyl sites for hydroxylation is 1. The quantitative estimate of drug-likeness (QED) is 0.705. The number of nitrogens with zero attached hydrogens (tertiary/aromatic N) is 2. The lowest BCUT2D eigenvalue weighted by molar-refractivity contribution is 0.0505. The van der Waals surface area contributed by atoms with Gasteiger partial charge in [0.1, 0.15) is 5.69 Å². The van der Waals surface area contributed by atoms with Crippen LogP contribution in [0.4, 0.5) is 4.39 Å². The molecule has 0 spiro atoms. The minimum absolute atomic E-state index is 0.0174. The normalized spacial score (nSPS) is 10.3. The van der Waals surface area contributed by atoms with Gasteiger partial charge in [-0.05, 0) is 20.3 Å². The predicted molar refractivity (Wildman–Crippen MR) is 64.7 cm³/mol. The molecule has 0 bridgehead atoms. The number of aromatic nitrogens is 2. The second-order valence-electron chi connectivity index (χ2n) is 3.62. The van der Waals surface area contributed by atoms with E-state index in [0.717, 1.165) is 0 Å². The maximum Gasteiger partial charge on any atom is 0.358 e. The number of hydrogen-bond donors (Lipinski definition) is 0. The third kappa shape index (κ3) is 4.04. The lowest BCUT2D eigenvalue weighted by atomic mass is 10.3. The van der Waals surface area contributed by atoms with E-state index in [1.165, 1.54) is 10.7 Å². The smallest absolute Gasteiger partial charge is 0.358 e. The lowest BCUT2D eigenvalue weighted by Crippen LogP contribution is -2.14. The highest BCUT2D eigenvalue weighted by Crippen LogP contribution is 2.09. The van der Waals surface area contributed by atoms with Crippen LogP contribution in [-0.2, 0) is 16.0 Å². The highest BCUT2D eigenvalue weighted by atomic mass is 19.1. The maximum absolute atomic E-state index is 12.2. The van der Waals surface area contributed by atoms with Gasteiger partial charge in [0.2, 0.25) is 0 Å². The average Bonchev–Trinajstić information content (AvgIpc) is 2.81. The molecule has 6 nitrogen and oxygen atoms in total. The number of halogens is 1. The molecule has 1 aromatic rings. The molecule has 106 valence electrons. The van der Waals surface area contributed by atoms with E-state index in [-0.39, 0.29) is 37.6 Å². The van der Waals surface area contributed by atoms with Crippen molar-refractivity contribution in [1.29, 1.82) is 0 Å². The summed E-state index contributed by atoms with van der Waals surface area (Å²) in [6.45, 7) is 3.43. The Balaban J connectivity index is 2.97. The van der Waals surface area contributed by atoms with Gasteiger partial charge in [-0.2, -0.15) is 5.10 Å². The van der Waals surface area contributed by atoms with Crippen LogP contribution < -0.4 is 0 Å². The van der Waals surface area contributed by atoms with Crippen LogP contribution in [0.25, 0.3) is 0 Å². The van der Waals surface area contributed by atoms with Crippen LogP contribution in [0.5, 0.6) is 0 Å². The van der Waals surface area contributed by atoms with Crippen molar-refractivity contribution in [2.75, 3.05) is 19.9 Å². The topological polar surface area (TPSA) is 70.4 Å². The SMILES string of the molecule is CCOC(=O)c1cc(C(=O)OCC)n(CCCF)n1. The Morgan fingerprint density at radius 3 is 2.47 bits per heavy atom. The molecule has 1 rings (SSSR count). The summed E-state index contributed by atoms with van der Waals surface area (Å²) in [4.78, 5) is 23.2. The number of ether oxygens (including phenoxy) is 2. The Morgan fingerprint density at radius 2 is 1.89 bits per heavy atom. The Labute approximate surface area is 110 Å². The van der Waals surface area contributed by atoms with Crippen LogP contribution >= 0.6 is 0 Å². The highest BCUT2D eigenvalue weighted by molar-refractivity contribution is 5.93. The second-order valence-corrected chi connectivity index (χ2v) is 3.62. The van der Waals surface area contributed by atoms with E-state index in [1.54, 1.807) is 13.8 Å². The van der Waals surface area contributed by atoms with Gasteiger partial charge in [0.05, 0.1) is 19.9 Å². The fourth-order valence-electron chi connectivity index (χ4n) is 1.47. The first-order valence-electron chi connectivity index (χ1n) is 6.12. The van der Waals surface area contributed by atoms with Crippen molar-refractivity contribution in [3.8, 4) is 0 Å². The van der Waals surface area contributed by atoms with Gasteiger partial charge in [0.15, 0.2) is 5.69 Å². The minimum atomic E-state index is -0.618. The van der Waals surface area contributed by atoms with Gasteiger partial charge in [-0.1, -0.05) is 0 Å². The van der Waals surface area contributed by atoms with E-state index in [2.05, 4.69) is 5.10 Å². The number of rotatable bonds is 7. The molecule has 19 heavy (non-hydrogen) atoms.